The first-order valence-electron chi connectivity index (χ1n) is 7.91. The van der Waals surface area contributed by atoms with Crippen LogP contribution in [0, 0.1) is 0 Å². The van der Waals surface area contributed by atoms with E-state index in [0.717, 1.165) is 11.3 Å². The number of carbonyl (C=O) groups excluding carboxylic acids is 1. The van der Waals surface area contributed by atoms with Crippen molar-refractivity contribution in [1.29, 1.82) is 0 Å². The van der Waals surface area contributed by atoms with Gasteiger partial charge in [0.25, 0.3) is 5.91 Å². The summed E-state index contributed by atoms with van der Waals surface area (Å²) in [6.45, 7) is 6.76. The van der Waals surface area contributed by atoms with E-state index < -0.39 is 0 Å². The maximum atomic E-state index is 12.3. The average molecular weight is 349 g/mol. The lowest BCUT2D eigenvalue weighted by Crippen LogP contribution is -2.46. The Labute approximate surface area is 147 Å². The largest absolute Gasteiger partial charge is 0.490 e. The minimum Gasteiger partial charge on any atom is -0.490 e. The van der Waals surface area contributed by atoms with Crippen molar-refractivity contribution in [2.24, 2.45) is 0 Å². The summed E-state index contributed by atoms with van der Waals surface area (Å²) in [5.41, 5.74) is 2.20. The molecule has 3 N–H and O–H groups in total. The number of benzene rings is 1. The third-order valence-electron chi connectivity index (χ3n) is 3.64. The Bertz CT molecular complexity index is 673. The topological polar surface area (TPSA) is 71.6 Å². The molecule has 1 heterocycles. The first kappa shape index (κ1) is 18.1. The zero-order chi connectivity index (χ0) is 17.7. The molecule has 1 atom stereocenters. The van der Waals surface area contributed by atoms with Crippen LogP contribution in [-0.2, 0) is 4.79 Å². The second-order valence-electron chi connectivity index (χ2n) is 5.22. The number of ether oxygens (including phenoxy) is 2. The van der Waals surface area contributed by atoms with Crippen LogP contribution in [0.25, 0.3) is 0 Å². The maximum Gasteiger partial charge on any atom is 0.251 e. The number of allylic oxidation sites excluding steroid dienone is 1. The molecule has 2 rings (SSSR count). The Morgan fingerprint density at radius 1 is 1.25 bits per heavy atom. The first-order valence-corrected chi connectivity index (χ1v) is 8.32. The summed E-state index contributed by atoms with van der Waals surface area (Å²) in [6.07, 6.45) is 0. The normalized spacial score (nSPS) is 17.0. The van der Waals surface area contributed by atoms with Crippen LogP contribution in [0.5, 0.6) is 11.5 Å². The van der Waals surface area contributed by atoms with Gasteiger partial charge in [0.1, 0.15) is 0 Å². The van der Waals surface area contributed by atoms with Crippen molar-refractivity contribution >= 4 is 23.2 Å². The molecule has 24 heavy (non-hydrogen) atoms. The third-order valence-corrected chi connectivity index (χ3v) is 3.86. The molecule has 0 fully saturated rings. The molecule has 0 unspecified atom stereocenters. The molecule has 1 aromatic carbocycles. The van der Waals surface area contributed by atoms with Crippen molar-refractivity contribution in [3.63, 3.8) is 0 Å². The molecule has 0 bridgehead atoms. The smallest absolute Gasteiger partial charge is 0.251 e. The Hall–Kier alpha value is -2.28. The number of hydrogen-bond acceptors (Lipinski definition) is 4. The summed E-state index contributed by atoms with van der Waals surface area (Å²) < 4.78 is 11.3. The number of likely N-dealkylation sites (N-methyl/N-ethyl adjacent to an activating group) is 1. The average Bonchev–Trinajstić information content (AvgIpc) is 2.55. The molecule has 1 amide bonds. The van der Waals surface area contributed by atoms with E-state index in [1.165, 1.54) is 0 Å². The first-order chi connectivity index (χ1) is 11.5. The van der Waals surface area contributed by atoms with Gasteiger partial charge in [0.05, 0.1) is 24.8 Å². The molecule has 1 aliphatic heterocycles. The van der Waals surface area contributed by atoms with Crippen molar-refractivity contribution < 1.29 is 14.3 Å². The highest BCUT2D eigenvalue weighted by atomic mass is 32.1. The molecule has 0 saturated heterocycles. The molecule has 0 aromatic heterocycles. The van der Waals surface area contributed by atoms with E-state index in [1.54, 1.807) is 7.05 Å². The summed E-state index contributed by atoms with van der Waals surface area (Å²) in [5, 5.41) is 9.31. The van der Waals surface area contributed by atoms with Gasteiger partial charge in [-0.1, -0.05) is 6.07 Å². The second-order valence-corrected chi connectivity index (χ2v) is 5.63. The van der Waals surface area contributed by atoms with Crippen LogP contribution in [0.15, 0.2) is 29.5 Å². The molecule has 7 heteroatoms. The Balaban J connectivity index is 2.47. The number of rotatable bonds is 6. The highest BCUT2D eigenvalue weighted by Crippen LogP contribution is 2.34. The van der Waals surface area contributed by atoms with E-state index in [0.29, 0.717) is 35.4 Å². The van der Waals surface area contributed by atoms with Crippen LogP contribution in [0.4, 0.5) is 0 Å². The van der Waals surface area contributed by atoms with Crippen LogP contribution >= 0.6 is 12.2 Å². The van der Waals surface area contributed by atoms with Gasteiger partial charge in [-0.2, -0.15) is 0 Å². The van der Waals surface area contributed by atoms with Gasteiger partial charge < -0.3 is 25.4 Å². The van der Waals surface area contributed by atoms with Gasteiger partial charge in [0.2, 0.25) is 0 Å². The van der Waals surface area contributed by atoms with Crippen LogP contribution < -0.4 is 25.4 Å². The lowest BCUT2D eigenvalue weighted by atomic mass is 9.94. The van der Waals surface area contributed by atoms with Gasteiger partial charge in [-0.3, -0.25) is 4.79 Å². The molecule has 0 spiro atoms. The Morgan fingerprint density at radius 2 is 1.92 bits per heavy atom. The van der Waals surface area contributed by atoms with Crippen molar-refractivity contribution in [3.8, 4) is 11.5 Å². The van der Waals surface area contributed by atoms with Crippen LogP contribution in [0.3, 0.4) is 0 Å². The van der Waals surface area contributed by atoms with Crippen molar-refractivity contribution in [1.82, 2.24) is 16.0 Å². The molecule has 1 aromatic rings. The van der Waals surface area contributed by atoms with Gasteiger partial charge >= 0.3 is 0 Å². The highest BCUT2D eigenvalue weighted by Gasteiger charge is 2.29. The predicted molar refractivity (Wildman–Crippen MR) is 97.2 cm³/mol. The van der Waals surface area contributed by atoms with Gasteiger partial charge in [-0.05, 0) is 50.7 Å². The van der Waals surface area contributed by atoms with Crippen LogP contribution in [-0.4, -0.2) is 31.3 Å². The zero-order valence-electron chi connectivity index (χ0n) is 14.4. The molecule has 0 saturated carbocycles. The molecule has 6 nitrogen and oxygen atoms in total. The minimum atomic E-state index is -0.353. The van der Waals surface area contributed by atoms with Gasteiger partial charge in [0.15, 0.2) is 16.6 Å². The fraction of sp³-hybridized carbons (Fsp3) is 0.412. The quantitative estimate of drug-likeness (QED) is 0.683. The number of thiocarbonyl (C=S) groups is 1. The van der Waals surface area contributed by atoms with Gasteiger partial charge in [-0.25, -0.2) is 0 Å². The van der Waals surface area contributed by atoms with E-state index in [4.69, 9.17) is 21.7 Å². The summed E-state index contributed by atoms with van der Waals surface area (Å²) in [5.74, 6) is 1.17. The maximum absolute atomic E-state index is 12.3. The Morgan fingerprint density at radius 3 is 2.54 bits per heavy atom. The summed E-state index contributed by atoms with van der Waals surface area (Å²) in [7, 11) is 1.61. The molecule has 130 valence electrons. The lowest BCUT2D eigenvalue weighted by molar-refractivity contribution is -0.117. The van der Waals surface area contributed by atoms with Gasteiger partial charge in [-0.15, -0.1) is 0 Å². The molecule has 1 aliphatic rings. The molecular formula is C17H23N3O3S. The third kappa shape index (κ3) is 3.79. The van der Waals surface area contributed by atoms with Crippen molar-refractivity contribution in [3.05, 3.63) is 35.0 Å². The minimum absolute atomic E-state index is 0.160. The zero-order valence-corrected chi connectivity index (χ0v) is 15.2. The van der Waals surface area contributed by atoms with E-state index in [2.05, 4.69) is 16.0 Å². The van der Waals surface area contributed by atoms with Crippen LogP contribution in [0.2, 0.25) is 0 Å². The van der Waals surface area contributed by atoms with E-state index >= 15 is 0 Å². The summed E-state index contributed by atoms with van der Waals surface area (Å²) >= 11 is 5.24. The van der Waals surface area contributed by atoms with E-state index in [9.17, 15) is 4.79 Å². The standard InChI is InChI=1S/C17H23N3O3S/c1-5-22-12-8-7-11(9-13(12)23-6-2)15-14(16(21)18-4)10(3)19-17(24)20-15/h7-9,15H,5-6H2,1-4H3,(H,18,21)(H2,19,20,24)/t15-/m0/s1. The number of nitrogens with one attached hydrogen (secondary N) is 3. The fourth-order valence-electron chi connectivity index (χ4n) is 2.63. The molecule has 0 radical (unpaired) electrons. The number of amides is 1. The molecule has 0 aliphatic carbocycles. The summed E-state index contributed by atoms with van der Waals surface area (Å²) in [4.78, 5) is 12.3. The number of hydrogen-bond donors (Lipinski definition) is 3. The van der Waals surface area contributed by atoms with Crippen LogP contribution in [0.1, 0.15) is 32.4 Å². The van der Waals surface area contributed by atoms with E-state index in [-0.39, 0.29) is 11.9 Å². The predicted octanol–water partition coefficient (Wildman–Crippen LogP) is 2.02. The monoisotopic (exact) mass is 349 g/mol. The fourth-order valence-corrected chi connectivity index (χ4v) is 2.90. The van der Waals surface area contributed by atoms with Crippen molar-refractivity contribution in [2.45, 2.75) is 26.8 Å². The van der Waals surface area contributed by atoms with Crippen molar-refractivity contribution in [2.75, 3.05) is 20.3 Å². The second kappa shape index (κ2) is 8.01. The SMILES string of the molecule is CCOc1ccc([C@@H]2NC(=S)NC(C)=C2C(=O)NC)cc1OCC. The molecular weight excluding hydrogens is 326 g/mol. The Kier molecular flexibility index (Phi) is 6.03. The highest BCUT2D eigenvalue weighted by molar-refractivity contribution is 7.80. The number of carbonyl (C=O) groups is 1. The lowest BCUT2D eigenvalue weighted by Gasteiger charge is -2.30. The van der Waals surface area contributed by atoms with Gasteiger partial charge in [0, 0.05) is 12.7 Å². The summed E-state index contributed by atoms with van der Waals surface area (Å²) in [6, 6.07) is 5.30. The van der Waals surface area contributed by atoms with E-state index in [1.807, 2.05) is 39.0 Å².